The van der Waals surface area contributed by atoms with Gasteiger partial charge >= 0.3 is 0 Å². The molecule has 136 valence electrons. The monoisotopic (exact) mass is 356 g/mol. The van der Waals surface area contributed by atoms with Crippen molar-refractivity contribution in [2.75, 3.05) is 0 Å². The molecule has 0 bridgehead atoms. The van der Waals surface area contributed by atoms with Crippen LogP contribution in [0.25, 0.3) is 22.4 Å². The molecule has 0 aliphatic heterocycles. The smallest absolute Gasteiger partial charge is 0.239 e. The van der Waals surface area contributed by atoms with E-state index in [1.807, 2.05) is 0 Å². The van der Waals surface area contributed by atoms with Crippen molar-refractivity contribution in [3.8, 4) is 11.4 Å². The number of hydrogen-bond acceptors (Lipinski definition) is 5. The summed E-state index contributed by atoms with van der Waals surface area (Å²) in [7, 11) is 0. The van der Waals surface area contributed by atoms with Crippen LogP contribution < -0.4 is 5.73 Å². The van der Waals surface area contributed by atoms with Crippen LogP contribution in [-0.4, -0.2) is 30.6 Å². The Morgan fingerprint density at radius 2 is 1.85 bits per heavy atom. The highest BCUT2D eigenvalue weighted by Gasteiger charge is 2.19. The molecule has 0 spiro atoms. The third kappa shape index (κ3) is 4.01. The van der Waals surface area contributed by atoms with E-state index in [-0.39, 0.29) is 23.3 Å². The van der Waals surface area contributed by atoms with Crippen LogP contribution in [0.3, 0.4) is 0 Å². The minimum atomic E-state index is -0.570. The van der Waals surface area contributed by atoms with Crippen molar-refractivity contribution in [2.24, 2.45) is 11.1 Å². The van der Waals surface area contributed by atoms with E-state index in [2.05, 4.69) is 40.8 Å². The number of carbonyl (C=O) groups excluding carboxylic acids is 1. The van der Waals surface area contributed by atoms with Gasteiger partial charge in [0.05, 0.1) is 16.6 Å². The Bertz CT molecular complexity index is 960. The van der Waals surface area contributed by atoms with Crippen molar-refractivity contribution in [3.63, 3.8) is 0 Å². The molecular formula is C18H21FN6O. The maximum absolute atomic E-state index is 14.6. The van der Waals surface area contributed by atoms with Crippen molar-refractivity contribution >= 4 is 16.9 Å². The maximum atomic E-state index is 14.6. The summed E-state index contributed by atoms with van der Waals surface area (Å²) in [6.07, 6.45) is 4.52. The molecule has 8 heteroatoms. The molecule has 1 aromatic carbocycles. The molecule has 1 amide bonds. The second kappa shape index (κ2) is 6.78. The number of rotatable bonds is 5. The summed E-state index contributed by atoms with van der Waals surface area (Å²) in [5.41, 5.74) is 6.62. The molecule has 26 heavy (non-hydrogen) atoms. The molecule has 0 radical (unpaired) electrons. The fourth-order valence-corrected chi connectivity index (χ4v) is 2.60. The number of aromatic nitrogens is 5. The average molecular weight is 356 g/mol. The minimum Gasteiger partial charge on any atom is -0.368 e. The van der Waals surface area contributed by atoms with E-state index in [0.29, 0.717) is 23.3 Å². The Morgan fingerprint density at radius 1 is 1.19 bits per heavy atom. The molecule has 2 N–H and O–H groups in total. The number of halogens is 1. The van der Waals surface area contributed by atoms with Gasteiger partial charge in [-0.25, -0.2) is 14.1 Å². The summed E-state index contributed by atoms with van der Waals surface area (Å²) in [5, 5.41) is 4.35. The number of aryl methyl sites for hydroxylation is 1. The molecule has 2 heterocycles. The van der Waals surface area contributed by atoms with Crippen LogP contribution in [0, 0.1) is 11.2 Å². The Labute approximate surface area is 150 Å². The van der Waals surface area contributed by atoms with Gasteiger partial charge in [-0.2, -0.15) is 5.10 Å². The topological polar surface area (TPSA) is 99.6 Å². The van der Waals surface area contributed by atoms with Crippen LogP contribution in [0.15, 0.2) is 24.5 Å². The quantitative estimate of drug-likeness (QED) is 0.757. The maximum Gasteiger partial charge on any atom is 0.239 e. The van der Waals surface area contributed by atoms with Crippen LogP contribution in [0.5, 0.6) is 0 Å². The largest absolute Gasteiger partial charge is 0.368 e. The van der Waals surface area contributed by atoms with Crippen LogP contribution in [-0.2, 0) is 17.8 Å². The Kier molecular flexibility index (Phi) is 4.67. The summed E-state index contributed by atoms with van der Waals surface area (Å²) in [4.78, 5) is 24.1. The van der Waals surface area contributed by atoms with Gasteiger partial charge in [0.2, 0.25) is 5.91 Å². The van der Waals surface area contributed by atoms with Crippen LogP contribution in [0.1, 0.15) is 33.0 Å². The third-order valence-corrected chi connectivity index (χ3v) is 3.92. The van der Waals surface area contributed by atoms with Gasteiger partial charge in [-0.05, 0) is 17.9 Å². The fourth-order valence-electron chi connectivity index (χ4n) is 2.60. The van der Waals surface area contributed by atoms with Crippen molar-refractivity contribution < 1.29 is 9.18 Å². The van der Waals surface area contributed by atoms with Gasteiger partial charge in [0.1, 0.15) is 12.4 Å². The first-order valence-corrected chi connectivity index (χ1v) is 8.35. The lowest BCUT2D eigenvalue weighted by atomic mass is 9.90. The lowest BCUT2D eigenvalue weighted by molar-refractivity contribution is -0.118. The van der Waals surface area contributed by atoms with Crippen molar-refractivity contribution in [1.82, 2.24) is 24.7 Å². The van der Waals surface area contributed by atoms with Gasteiger partial charge in [-0.15, -0.1) is 0 Å². The Hall–Kier alpha value is -2.90. The summed E-state index contributed by atoms with van der Waals surface area (Å²) < 4.78 is 16.0. The molecule has 0 unspecified atom stereocenters. The molecule has 7 nitrogen and oxygen atoms in total. The predicted molar refractivity (Wildman–Crippen MR) is 95.5 cm³/mol. The first-order chi connectivity index (χ1) is 12.2. The third-order valence-electron chi connectivity index (χ3n) is 3.92. The second-order valence-corrected chi connectivity index (χ2v) is 7.41. The summed E-state index contributed by atoms with van der Waals surface area (Å²) >= 11 is 0. The zero-order chi connectivity index (χ0) is 18.9. The molecule has 0 saturated heterocycles. The molecule has 0 aliphatic carbocycles. The normalized spacial score (nSPS) is 11.8. The van der Waals surface area contributed by atoms with Crippen molar-refractivity contribution in [1.29, 1.82) is 0 Å². The lowest BCUT2D eigenvalue weighted by Crippen LogP contribution is -2.20. The highest BCUT2D eigenvalue weighted by molar-refractivity contribution is 5.80. The number of primary amides is 1. The SMILES string of the molecule is CC(C)(C)CCc1nc(-c2cc3nccnc3cc2F)n(CC(N)=O)n1. The van der Waals surface area contributed by atoms with Gasteiger partial charge in [0.15, 0.2) is 11.6 Å². The van der Waals surface area contributed by atoms with Gasteiger partial charge < -0.3 is 5.73 Å². The highest BCUT2D eigenvalue weighted by atomic mass is 19.1. The number of amides is 1. The Balaban J connectivity index is 2.06. The minimum absolute atomic E-state index is 0.110. The summed E-state index contributed by atoms with van der Waals surface area (Å²) in [6.45, 7) is 6.19. The van der Waals surface area contributed by atoms with Crippen molar-refractivity contribution in [3.05, 3.63) is 36.2 Å². The average Bonchev–Trinajstić information content (AvgIpc) is 2.93. The van der Waals surface area contributed by atoms with Gasteiger partial charge in [-0.3, -0.25) is 14.8 Å². The standard InChI is InChI=1S/C18H21FN6O/c1-18(2,3)5-4-16-23-17(25(24-16)10-15(20)26)11-8-13-14(9-12(11)19)22-7-6-21-13/h6-9H,4-5,10H2,1-3H3,(H2,20,26). The van der Waals surface area contributed by atoms with Crippen LogP contribution in [0.4, 0.5) is 4.39 Å². The van der Waals surface area contributed by atoms with E-state index in [0.717, 1.165) is 6.42 Å². The van der Waals surface area contributed by atoms with E-state index >= 15 is 0 Å². The zero-order valence-electron chi connectivity index (χ0n) is 15.0. The van der Waals surface area contributed by atoms with Gasteiger partial charge in [0, 0.05) is 24.9 Å². The second-order valence-electron chi connectivity index (χ2n) is 7.41. The van der Waals surface area contributed by atoms with Gasteiger partial charge in [-0.1, -0.05) is 20.8 Å². The lowest BCUT2D eigenvalue weighted by Gasteiger charge is -2.16. The number of nitrogens with two attached hydrogens (primary N) is 1. The zero-order valence-corrected chi connectivity index (χ0v) is 15.0. The van der Waals surface area contributed by atoms with Gasteiger partial charge in [0.25, 0.3) is 0 Å². The molecule has 0 atom stereocenters. The first-order valence-electron chi connectivity index (χ1n) is 8.35. The fraction of sp³-hybridized carbons (Fsp3) is 0.389. The number of benzene rings is 1. The molecule has 0 saturated carbocycles. The predicted octanol–water partition coefficient (Wildman–Crippen LogP) is 2.49. The number of fused-ring (bicyclic) bond motifs is 1. The molecule has 0 aliphatic rings. The molecular weight excluding hydrogens is 335 g/mol. The van der Waals surface area contributed by atoms with E-state index in [1.54, 1.807) is 6.07 Å². The number of hydrogen-bond donors (Lipinski definition) is 1. The molecule has 0 fully saturated rings. The number of carbonyl (C=O) groups is 1. The van der Waals surface area contributed by atoms with Crippen LogP contribution >= 0.6 is 0 Å². The van der Waals surface area contributed by atoms with E-state index in [9.17, 15) is 9.18 Å². The highest BCUT2D eigenvalue weighted by Crippen LogP contribution is 2.26. The van der Waals surface area contributed by atoms with E-state index in [4.69, 9.17) is 5.73 Å². The van der Waals surface area contributed by atoms with E-state index < -0.39 is 11.7 Å². The summed E-state index contributed by atoms with van der Waals surface area (Å²) in [6, 6.07) is 2.86. The van der Waals surface area contributed by atoms with Crippen molar-refractivity contribution in [2.45, 2.75) is 40.2 Å². The van der Waals surface area contributed by atoms with Crippen LogP contribution in [0.2, 0.25) is 0 Å². The Morgan fingerprint density at radius 3 is 2.46 bits per heavy atom. The molecule has 2 aromatic heterocycles. The summed E-state index contributed by atoms with van der Waals surface area (Å²) in [5.74, 6) is -0.259. The van der Waals surface area contributed by atoms with E-state index in [1.165, 1.54) is 23.1 Å². The molecule has 3 rings (SSSR count). The number of nitrogens with zero attached hydrogens (tertiary/aromatic N) is 5. The molecule has 3 aromatic rings. The first kappa shape index (κ1) is 17.9.